The predicted molar refractivity (Wildman–Crippen MR) is 105 cm³/mol. The van der Waals surface area contributed by atoms with Crippen LogP contribution in [0, 0.1) is 0 Å². The van der Waals surface area contributed by atoms with Crippen LogP contribution in [0.5, 0.6) is 0 Å². The van der Waals surface area contributed by atoms with Crippen molar-refractivity contribution in [3.63, 3.8) is 0 Å². The zero-order chi connectivity index (χ0) is 20.4. The fourth-order valence-electron chi connectivity index (χ4n) is 4.81. The molecule has 1 aliphatic carbocycles. The number of hydrogen-bond donors (Lipinski definition) is 3. The first kappa shape index (κ1) is 18.6. The number of benzene rings is 1. The molecule has 1 aromatic carbocycles. The molecule has 3 N–H and O–H groups in total. The lowest BCUT2D eigenvalue weighted by Gasteiger charge is -2.35. The van der Waals surface area contributed by atoms with Gasteiger partial charge in [-0.1, -0.05) is 11.2 Å². The Balaban J connectivity index is 1.62. The Morgan fingerprint density at radius 2 is 2.07 bits per heavy atom. The van der Waals surface area contributed by atoms with Crippen LogP contribution in [0.1, 0.15) is 68.8 Å². The molecule has 29 heavy (non-hydrogen) atoms. The maximum Gasteiger partial charge on any atom is 0.438 e. The monoisotopic (exact) mass is 399 g/mol. The van der Waals surface area contributed by atoms with E-state index >= 15 is 0 Å². The predicted octanol–water partition coefficient (Wildman–Crippen LogP) is 2.51. The van der Waals surface area contributed by atoms with Crippen LogP contribution in [0.3, 0.4) is 0 Å². The van der Waals surface area contributed by atoms with Gasteiger partial charge in [0, 0.05) is 17.5 Å². The minimum absolute atomic E-state index is 0.146. The minimum atomic E-state index is -1.64. The molecule has 2 aliphatic rings. The minimum Gasteiger partial charge on any atom is -0.376 e. The summed E-state index contributed by atoms with van der Waals surface area (Å²) in [7, 11) is 0. The second-order valence-electron chi connectivity index (χ2n) is 8.87. The van der Waals surface area contributed by atoms with Crippen molar-refractivity contribution in [2.24, 2.45) is 0 Å². The Morgan fingerprint density at radius 3 is 2.69 bits per heavy atom. The maximum atomic E-state index is 11.5. The average molecular weight is 399 g/mol. The maximum absolute atomic E-state index is 11.5. The van der Waals surface area contributed by atoms with Crippen LogP contribution < -0.4 is 5.76 Å². The normalized spacial score (nSPS) is 23.0. The number of rotatable bonds is 4. The van der Waals surface area contributed by atoms with Crippen molar-refractivity contribution in [2.45, 2.75) is 62.9 Å². The summed E-state index contributed by atoms with van der Waals surface area (Å²) >= 11 is 0. The standard InChI is InChI=1S/C21H25N3O5/c1-20(2)11-13(5-8-28-20)12-3-4-15-14(9-12)10-16(17(25)26)24(15)21(6-7-21)18-22-19(27)29-23-18/h3-4,9-10,13,17,25-26H,5-8,11H2,1-2H3,(H,22,23,27)/t13-/m1/s1. The molecule has 8 heteroatoms. The number of H-pyrrole nitrogens is 1. The molecule has 1 saturated heterocycles. The number of ether oxygens (including phenoxy) is 1. The number of nitrogens with one attached hydrogen (secondary N) is 1. The summed E-state index contributed by atoms with van der Waals surface area (Å²) in [5, 5.41) is 24.9. The molecule has 2 aromatic heterocycles. The third kappa shape index (κ3) is 3.02. The van der Waals surface area contributed by atoms with Gasteiger partial charge in [-0.25, -0.2) is 4.79 Å². The zero-order valence-electron chi connectivity index (χ0n) is 16.5. The second kappa shape index (κ2) is 6.29. The van der Waals surface area contributed by atoms with E-state index in [1.165, 1.54) is 5.56 Å². The van der Waals surface area contributed by atoms with Gasteiger partial charge >= 0.3 is 5.76 Å². The molecular weight excluding hydrogens is 374 g/mol. The van der Waals surface area contributed by atoms with Crippen molar-refractivity contribution < 1.29 is 19.5 Å². The van der Waals surface area contributed by atoms with Crippen LogP contribution in [0.2, 0.25) is 0 Å². The van der Waals surface area contributed by atoms with Gasteiger partial charge in [-0.15, -0.1) is 0 Å². The Hall–Kier alpha value is -2.42. The van der Waals surface area contributed by atoms with E-state index < -0.39 is 17.6 Å². The number of fused-ring (bicyclic) bond motifs is 1. The van der Waals surface area contributed by atoms with E-state index in [-0.39, 0.29) is 5.60 Å². The van der Waals surface area contributed by atoms with Gasteiger partial charge in [-0.3, -0.25) is 9.51 Å². The first-order valence-corrected chi connectivity index (χ1v) is 10.0. The first-order chi connectivity index (χ1) is 13.8. The molecular formula is C21H25N3O5. The Morgan fingerprint density at radius 1 is 1.28 bits per heavy atom. The summed E-state index contributed by atoms with van der Waals surface area (Å²) in [6.07, 6.45) is 1.74. The summed E-state index contributed by atoms with van der Waals surface area (Å²) in [6, 6.07) is 8.08. The summed E-state index contributed by atoms with van der Waals surface area (Å²) < 4.78 is 12.4. The lowest BCUT2D eigenvalue weighted by molar-refractivity contribution is -0.0593. The molecule has 0 unspecified atom stereocenters. The second-order valence-corrected chi connectivity index (χ2v) is 8.87. The number of nitrogens with zero attached hydrogens (tertiary/aromatic N) is 2. The Bertz CT molecular complexity index is 1120. The van der Waals surface area contributed by atoms with Crippen molar-refractivity contribution in [1.29, 1.82) is 0 Å². The highest BCUT2D eigenvalue weighted by molar-refractivity contribution is 5.83. The topological polar surface area (TPSA) is 114 Å². The van der Waals surface area contributed by atoms with Gasteiger partial charge in [0.05, 0.1) is 11.3 Å². The molecule has 0 radical (unpaired) electrons. The van der Waals surface area contributed by atoms with E-state index in [4.69, 9.17) is 9.26 Å². The van der Waals surface area contributed by atoms with Crippen LogP contribution in [0.25, 0.3) is 10.9 Å². The molecule has 0 spiro atoms. The highest BCUT2D eigenvalue weighted by Gasteiger charge is 2.51. The quantitative estimate of drug-likeness (QED) is 0.581. The van der Waals surface area contributed by atoms with Crippen LogP contribution in [-0.2, 0) is 10.3 Å². The molecule has 5 rings (SSSR count). The van der Waals surface area contributed by atoms with Crippen LogP contribution in [0.15, 0.2) is 33.6 Å². The van der Waals surface area contributed by atoms with Crippen molar-refractivity contribution in [1.82, 2.24) is 14.7 Å². The van der Waals surface area contributed by atoms with Gasteiger partial charge in [0.2, 0.25) is 0 Å². The van der Waals surface area contributed by atoms with Crippen LogP contribution in [-0.4, -0.2) is 37.1 Å². The summed E-state index contributed by atoms with van der Waals surface area (Å²) in [5.41, 5.74) is 1.72. The van der Waals surface area contributed by atoms with Gasteiger partial charge in [0.25, 0.3) is 0 Å². The SMILES string of the molecule is CC1(C)C[C@H](c2ccc3c(c2)cc(C(O)O)n3C2(c3noc(=O)[nH]3)CC2)CCO1. The molecule has 3 heterocycles. The van der Waals surface area contributed by atoms with E-state index in [9.17, 15) is 15.0 Å². The number of aromatic nitrogens is 3. The molecule has 1 atom stereocenters. The van der Waals surface area contributed by atoms with E-state index in [0.717, 1.165) is 43.2 Å². The van der Waals surface area contributed by atoms with Crippen molar-refractivity contribution in [3.8, 4) is 0 Å². The average Bonchev–Trinajstić information content (AvgIpc) is 3.17. The zero-order valence-corrected chi connectivity index (χ0v) is 16.5. The fraction of sp³-hybridized carbons (Fsp3) is 0.524. The van der Waals surface area contributed by atoms with Gasteiger partial charge < -0.3 is 19.5 Å². The van der Waals surface area contributed by atoms with Gasteiger partial charge in [-0.2, -0.15) is 0 Å². The number of aliphatic hydroxyl groups excluding tert-OH is 1. The third-order valence-corrected chi connectivity index (χ3v) is 6.32. The summed E-state index contributed by atoms with van der Waals surface area (Å²) in [5.74, 6) is 0.200. The van der Waals surface area contributed by atoms with E-state index in [1.807, 2.05) is 16.7 Å². The first-order valence-electron chi connectivity index (χ1n) is 10.0. The molecule has 1 saturated carbocycles. The molecule has 154 valence electrons. The molecule has 0 amide bonds. The van der Waals surface area contributed by atoms with Crippen molar-refractivity contribution in [3.05, 3.63) is 51.9 Å². The summed E-state index contributed by atoms with van der Waals surface area (Å²) in [6.45, 7) is 4.97. The molecule has 8 nitrogen and oxygen atoms in total. The number of hydrogen-bond acceptors (Lipinski definition) is 6. The highest BCUT2D eigenvalue weighted by Crippen LogP contribution is 2.51. The van der Waals surface area contributed by atoms with Gasteiger partial charge in [0.15, 0.2) is 12.1 Å². The largest absolute Gasteiger partial charge is 0.438 e. The smallest absolute Gasteiger partial charge is 0.376 e. The number of aromatic amines is 1. The van der Waals surface area contributed by atoms with Gasteiger partial charge in [-0.05, 0) is 69.2 Å². The van der Waals surface area contributed by atoms with Crippen molar-refractivity contribution in [2.75, 3.05) is 6.61 Å². The van der Waals surface area contributed by atoms with E-state index in [2.05, 4.69) is 36.1 Å². The third-order valence-electron chi connectivity index (χ3n) is 6.32. The number of aliphatic hydroxyl groups is 2. The Labute approximate surface area is 167 Å². The molecule has 1 aliphatic heterocycles. The molecule has 3 aromatic rings. The van der Waals surface area contributed by atoms with E-state index in [0.29, 0.717) is 17.4 Å². The van der Waals surface area contributed by atoms with Crippen molar-refractivity contribution >= 4 is 10.9 Å². The molecule has 0 bridgehead atoms. The summed E-state index contributed by atoms with van der Waals surface area (Å²) in [4.78, 5) is 14.1. The molecule has 2 fully saturated rings. The van der Waals surface area contributed by atoms with Crippen LogP contribution in [0.4, 0.5) is 0 Å². The Kier molecular flexibility index (Phi) is 4.03. The van der Waals surface area contributed by atoms with Gasteiger partial charge in [0.1, 0.15) is 5.54 Å². The fourth-order valence-corrected chi connectivity index (χ4v) is 4.81. The lowest BCUT2D eigenvalue weighted by Crippen LogP contribution is -2.32. The van der Waals surface area contributed by atoms with E-state index in [1.54, 1.807) is 0 Å². The lowest BCUT2D eigenvalue weighted by atomic mass is 9.83. The van der Waals surface area contributed by atoms with Crippen LogP contribution >= 0.6 is 0 Å². The highest BCUT2D eigenvalue weighted by atomic mass is 16.5.